The van der Waals surface area contributed by atoms with Gasteiger partial charge in [0.15, 0.2) is 0 Å². The monoisotopic (exact) mass is 281 g/mol. The molecule has 2 rings (SSSR count). The van der Waals surface area contributed by atoms with Gasteiger partial charge in [-0.3, -0.25) is 0 Å². The van der Waals surface area contributed by atoms with Crippen molar-refractivity contribution >= 4 is 15.9 Å². The number of rotatable bonds is 4. The number of hydrogen-bond acceptors (Lipinski definition) is 1. The Morgan fingerprint density at radius 2 is 2.12 bits per heavy atom. The minimum absolute atomic E-state index is 0.435. The summed E-state index contributed by atoms with van der Waals surface area (Å²) >= 11 is 3.64. The van der Waals surface area contributed by atoms with Crippen LogP contribution in [0.2, 0.25) is 0 Å². The van der Waals surface area contributed by atoms with Gasteiger partial charge in [-0.25, -0.2) is 0 Å². The van der Waals surface area contributed by atoms with Crippen LogP contribution in [-0.2, 0) is 6.54 Å². The van der Waals surface area contributed by atoms with Gasteiger partial charge in [0, 0.05) is 16.6 Å². The predicted molar refractivity (Wildman–Crippen MR) is 72.6 cm³/mol. The highest BCUT2D eigenvalue weighted by Crippen LogP contribution is 2.35. The van der Waals surface area contributed by atoms with Gasteiger partial charge in [0.05, 0.1) is 0 Å². The second kappa shape index (κ2) is 4.89. The molecule has 88 valence electrons. The second-order valence-corrected chi connectivity index (χ2v) is 5.79. The van der Waals surface area contributed by atoms with Crippen LogP contribution in [0.5, 0.6) is 0 Å². The molecule has 0 amide bonds. The van der Waals surface area contributed by atoms with Crippen molar-refractivity contribution in [3.05, 3.63) is 33.8 Å². The Morgan fingerprint density at radius 1 is 1.38 bits per heavy atom. The highest BCUT2D eigenvalue weighted by molar-refractivity contribution is 9.10. The molecule has 1 aliphatic carbocycles. The van der Waals surface area contributed by atoms with Gasteiger partial charge in [0.2, 0.25) is 0 Å². The van der Waals surface area contributed by atoms with E-state index >= 15 is 0 Å². The van der Waals surface area contributed by atoms with E-state index in [0.717, 1.165) is 6.54 Å². The number of benzene rings is 1. The molecule has 0 heterocycles. The fraction of sp³-hybridized carbons (Fsp3) is 0.571. The van der Waals surface area contributed by atoms with Gasteiger partial charge in [0.1, 0.15) is 0 Å². The van der Waals surface area contributed by atoms with Gasteiger partial charge >= 0.3 is 0 Å². The van der Waals surface area contributed by atoms with Crippen molar-refractivity contribution in [2.75, 3.05) is 0 Å². The quantitative estimate of drug-likeness (QED) is 0.873. The lowest BCUT2D eigenvalue weighted by Crippen LogP contribution is -2.49. The normalized spacial score (nSPS) is 18.2. The van der Waals surface area contributed by atoms with Crippen molar-refractivity contribution in [3.8, 4) is 0 Å². The third kappa shape index (κ3) is 2.49. The molecule has 0 aliphatic heterocycles. The molecule has 1 nitrogen and oxygen atoms in total. The van der Waals surface area contributed by atoms with Crippen molar-refractivity contribution in [2.45, 2.75) is 51.6 Å². The molecule has 0 radical (unpaired) electrons. The average Bonchev–Trinajstić information content (AvgIpc) is 2.19. The van der Waals surface area contributed by atoms with Crippen LogP contribution in [-0.4, -0.2) is 5.54 Å². The van der Waals surface area contributed by atoms with Crippen LogP contribution in [0, 0.1) is 6.92 Å². The predicted octanol–water partition coefficient (Wildman–Crippen LogP) is 4.18. The highest BCUT2D eigenvalue weighted by Gasteiger charge is 2.34. The molecule has 0 spiro atoms. The smallest absolute Gasteiger partial charge is 0.0222 e. The lowest BCUT2D eigenvalue weighted by molar-refractivity contribution is 0.175. The summed E-state index contributed by atoms with van der Waals surface area (Å²) in [6.07, 6.45) is 5.31. The van der Waals surface area contributed by atoms with Crippen LogP contribution in [0.1, 0.15) is 43.7 Å². The summed E-state index contributed by atoms with van der Waals surface area (Å²) in [5.74, 6) is 0. The SMILES string of the molecule is CCC1(NCc2ccc(C)cc2Br)CCC1. The molecule has 1 saturated carbocycles. The first-order valence-corrected chi connectivity index (χ1v) is 6.94. The van der Waals surface area contributed by atoms with Crippen molar-refractivity contribution in [3.63, 3.8) is 0 Å². The highest BCUT2D eigenvalue weighted by atomic mass is 79.9. The molecule has 1 aliphatic rings. The number of hydrogen-bond donors (Lipinski definition) is 1. The summed E-state index contributed by atoms with van der Waals surface area (Å²) in [6, 6.07) is 6.59. The van der Waals surface area contributed by atoms with E-state index in [1.54, 1.807) is 0 Å². The minimum Gasteiger partial charge on any atom is -0.307 e. The van der Waals surface area contributed by atoms with E-state index in [9.17, 15) is 0 Å². The number of halogens is 1. The second-order valence-electron chi connectivity index (χ2n) is 4.94. The molecule has 1 aromatic rings. The van der Waals surface area contributed by atoms with Crippen LogP contribution in [0.4, 0.5) is 0 Å². The van der Waals surface area contributed by atoms with Crippen LogP contribution >= 0.6 is 15.9 Å². The van der Waals surface area contributed by atoms with Crippen LogP contribution in [0.25, 0.3) is 0 Å². The molecule has 2 heteroatoms. The minimum atomic E-state index is 0.435. The van der Waals surface area contributed by atoms with Crippen molar-refractivity contribution in [1.29, 1.82) is 0 Å². The molecule has 1 N–H and O–H groups in total. The molecule has 0 bridgehead atoms. The maximum absolute atomic E-state index is 3.73. The summed E-state index contributed by atoms with van der Waals surface area (Å²) in [5.41, 5.74) is 3.11. The van der Waals surface area contributed by atoms with E-state index in [1.165, 1.54) is 41.3 Å². The third-order valence-corrected chi connectivity index (χ3v) is 4.59. The fourth-order valence-corrected chi connectivity index (χ4v) is 2.97. The summed E-state index contributed by atoms with van der Waals surface area (Å²) < 4.78 is 1.23. The van der Waals surface area contributed by atoms with Gasteiger partial charge in [0.25, 0.3) is 0 Å². The molecular weight excluding hydrogens is 262 g/mol. The zero-order valence-corrected chi connectivity index (χ0v) is 11.7. The lowest BCUT2D eigenvalue weighted by atomic mass is 9.75. The van der Waals surface area contributed by atoms with E-state index in [2.05, 4.69) is 53.3 Å². The Morgan fingerprint density at radius 3 is 2.62 bits per heavy atom. The average molecular weight is 282 g/mol. The zero-order valence-electron chi connectivity index (χ0n) is 10.1. The van der Waals surface area contributed by atoms with E-state index in [4.69, 9.17) is 0 Å². The molecule has 16 heavy (non-hydrogen) atoms. The van der Waals surface area contributed by atoms with E-state index in [-0.39, 0.29) is 0 Å². The maximum Gasteiger partial charge on any atom is 0.0222 e. The summed E-state index contributed by atoms with van der Waals surface area (Å²) in [4.78, 5) is 0. The van der Waals surface area contributed by atoms with Crippen molar-refractivity contribution < 1.29 is 0 Å². The summed E-state index contributed by atoms with van der Waals surface area (Å²) in [5, 5.41) is 3.73. The van der Waals surface area contributed by atoms with Gasteiger partial charge < -0.3 is 5.32 Å². The molecule has 0 saturated heterocycles. The largest absolute Gasteiger partial charge is 0.307 e. The Balaban J connectivity index is 1.99. The van der Waals surface area contributed by atoms with Crippen LogP contribution < -0.4 is 5.32 Å². The first-order valence-electron chi connectivity index (χ1n) is 6.15. The maximum atomic E-state index is 3.73. The van der Waals surface area contributed by atoms with Gasteiger partial charge in [-0.1, -0.05) is 35.0 Å². The van der Waals surface area contributed by atoms with E-state index < -0.39 is 0 Å². The van der Waals surface area contributed by atoms with Crippen LogP contribution in [0.15, 0.2) is 22.7 Å². The zero-order chi connectivity index (χ0) is 11.6. The van der Waals surface area contributed by atoms with Gasteiger partial charge in [-0.05, 0) is 49.8 Å². The van der Waals surface area contributed by atoms with Gasteiger partial charge in [-0.15, -0.1) is 0 Å². The summed E-state index contributed by atoms with van der Waals surface area (Å²) in [6.45, 7) is 5.40. The first-order chi connectivity index (χ1) is 7.65. The summed E-state index contributed by atoms with van der Waals surface area (Å²) in [7, 11) is 0. The Hall–Kier alpha value is -0.340. The van der Waals surface area contributed by atoms with Gasteiger partial charge in [-0.2, -0.15) is 0 Å². The van der Waals surface area contributed by atoms with E-state index in [0.29, 0.717) is 5.54 Å². The number of aryl methyl sites for hydroxylation is 1. The number of nitrogens with one attached hydrogen (secondary N) is 1. The topological polar surface area (TPSA) is 12.0 Å². The Kier molecular flexibility index (Phi) is 3.70. The van der Waals surface area contributed by atoms with Crippen molar-refractivity contribution in [1.82, 2.24) is 5.32 Å². The first kappa shape index (κ1) is 12.1. The molecular formula is C14H20BrN. The Labute approximate surface area is 107 Å². The Bertz CT molecular complexity index is 363. The standard InChI is InChI=1S/C14H20BrN/c1-3-14(7-4-8-14)16-10-12-6-5-11(2)9-13(12)15/h5-6,9,16H,3-4,7-8,10H2,1-2H3. The molecule has 0 atom stereocenters. The molecule has 1 fully saturated rings. The van der Waals surface area contributed by atoms with E-state index in [1.807, 2.05) is 0 Å². The van der Waals surface area contributed by atoms with Crippen molar-refractivity contribution in [2.24, 2.45) is 0 Å². The lowest BCUT2D eigenvalue weighted by Gasteiger charge is -2.42. The van der Waals surface area contributed by atoms with Crippen LogP contribution in [0.3, 0.4) is 0 Å². The third-order valence-electron chi connectivity index (χ3n) is 3.85. The molecule has 0 unspecified atom stereocenters. The fourth-order valence-electron chi connectivity index (χ4n) is 2.34. The molecule has 0 aromatic heterocycles. The molecule has 1 aromatic carbocycles.